The van der Waals surface area contributed by atoms with Crippen LogP contribution in [0.25, 0.3) is 0 Å². The van der Waals surface area contributed by atoms with Crippen molar-refractivity contribution >= 4 is 5.91 Å². The molecule has 1 aromatic rings. The van der Waals surface area contributed by atoms with Crippen LogP contribution in [-0.4, -0.2) is 52.3 Å². The Labute approximate surface area is 131 Å². The Kier molecular flexibility index (Phi) is 5.10. The van der Waals surface area contributed by atoms with E-state index in [2.05, 4.69) is 4.98 Å². The van der Waals surface area contributed by atoms with E-state index in [1.54, 1.807) is 6.20 Å². The fraction of sp³-hybridized carbons (Fsp3) is 0.750. The number of rotatable bonds is 7. The van der Waals surface area contributed by atoms with Gasteiger partial charge in [0.25, 0.3) is 0 Å². The van der Waals surface area contributed by atoms with Gasteiger partial charge in [0.15, 0.2) is 0 Å². The summed E-state index contributed by atoms with van der Waals surface area (Å²) in [6.45, 7) is 2.04. The predicted molar refractivity (Wildman–Crippen MR) is 81.2 cm³/mol. The number of nitrogens with zero attached hydrogens (tertiary/aromatic N) is 3. The average molecular weight is 307 g/mol. The van der Waals surface area contributed by atoms with Gasteiger partial charge in [-0.25, -0.2) is 4.98 Å². The van der Waals surface area contributed by atoms with E-state index in [0.717, 1.165) is 38.1 Å². The molecule has 6 nitrogen and oxygen atoms in total. The molecule has 1 saturated carbocycles. The third-order valence-electron chi connectivity index (χ3n) is 4.34. The third kappa shape index (κ3) is 4.08. The molecule has 0 bridgehead atoms. The van der Waals surface area contributed by atoms with Gasteiger partial charge >= 0.3 is 0 Å². The number of carbonyl (C=O) groups is 1. The number of carbonyl (C=O) groups excluding carboxylic acids is 1. The van der Waals surface area contributed by atoms with E-state index in [1.807, 2.05) is 22.7 Å². The lowest BCUT2D eigenvalue weighted by molar-refractivity contribution is -0.139. The lowest BCUT2D eigenvalue weighted by Gasteiger charge is -2.24. The van der Waals surface area contributed by atoms with Crippen LogP contribution in [-0.2, 0) is 27.9 Å². The molecule has 3 rings (SSSR count). The van der Waals surface area contributed by atoms with Crippen LogP contribution in [0.2, 0.25) is 0 Å². The minimum absolute atomic E-state index is 0.0568. The summed E-state index contributed by atoms with van der Waals surface area (Å²) in [4.78, 5) is 18.6. The lowest BCUT2D eigenvalue weighted by atomic mass is 10.1. The monoisotopic (exact) mass is 307 g/mol. The molecule has 0 spiro atoms. The van der Waals surface area contributed by atoms with Gasteiger partial charge in [-0.05, 0) is 32.1 Å². The maximum Gasteiger partial charge on any atom is 0.249 e. The molecule has 0 unspecified atom stereocenters. The Balaban J connectivity index is 1.46. The standard InChI is InChI=1S/C16H25N3O3/c1-18-8-7-17-15(18)10-19(13-5-6-13)16(20)12-21-11-14-4-2-3-9-22-14/h7-8,13-14H,2-6,9-12H2,1H3/t14-/m0/s1. The molecule has 2 fully saturated rings. The normalized spacial score (nSPS) is 21.8. The van der Waals surface area contributed by atoms with E-state index in [4.69, 9.17) is 9.47 Å². The Hall–Kier alpha value is -1.40. The van der Waals surface area contributed by atoms with Crippen LogP contribution in [0.1, 0.15) is 37.9 Å². The van der Waals surface area contributed by atoms with E-state index in [9.17, 15) is 4.79 Å². The number of amides is 1. The van der Waals surface area contributed by atoms with Crippen molar-refractivity contribution in [3.8, 4) is 0 Å². The minimum atomic E-state index is 0.0568. The molecule has 1 amide bonds. The van der Waals surface area contributed by atoms with Crippen molar-refractivity contribution in [3.05, 3.63) is 18.2 Å². The van der Waals surface area contributed by atoms with Crippen LogP contribution in [0.15, 0.2) is 12.4 Å². The van der Waals surface area contributed by atoms with Crippen molar-refractivity contribution in [2.75, 3.05) is 19.8 Å². The van der Waals surface area contributed by atoms with Gasteiger partial charge in [-0.2, -0.15) is 0 Å². The molecule has 0 N–H and O–H groups in total. The number of aromatic nitrogens is 2. The number of ether oxygens (including phenoxy) is 2. The Morgan fingerprint density at radius 1 is 1.45 bits per heavy atom. The lowest BCUT2D eigenvalue weighted by Crippen LogP contribution is -2.37. The highest BCUT2D eigenvalue weighted by Crippen LogP contribution is 2.28. The summed E-state index contributed by atoms with van der Waals surface area (Å²) in [5.74, 6) is 0.970. The minimum Gasteiger partial charge on any atom is -0.376 e. The van der Waals surface area contributed by atoms with Gasteiger partial charge in [0, 0.05) is 32.1 Å². The number of imidazole rings is 1. The second-order valence-corrected chi connectivity index (χ2v) is 6.21. The largest absolute Gasteiger partial charge is 0.376 e. The molecule has 1 aliphatic heterocycles. The maximum atomic E-state index is 12.4. The molecular weight excluding hydrogens is 282 g/mol. The van der Waals surface area contributed by atoms with Crippen molar-refractivity contribution in [2.45, 2.75) is 50.8 Å². The second kappa shape index (κ2) is 7.24. The van der Waals surface area contributed by atoms with Crippen molar-refractivity contribution in [3.63, 3.8) is 0 Å². The molecule has 2 aliphatic rings. The zero-order valence-electron chi connectivity index (χ0n) is 13.2. The summed E-state index contributed by atoms with van der Waals surface area (Å²) < 4.78 is 13.2. The Morgan fingerprint density at radius 2 is 2.32 bits per heavy atom. The molecular formula is C16H25N3O3. The first-order valence-electron chi connectivity index (χ1n) is 8.19. The van der Waals surface area contributed by atoms with E-state index >= 15 is 0 Å². The van der Waals surface area contributed by atoms with E-state index in [0.29, 0.717) is 19.2 Å². The molecule has 1 atom stereocenters. The molecule has 122 valence electrons. The smallest absolute Gasteiger partial charge is 0.249 e. The maximum absolute atomic E-state index is 12.4. The van der Waals surface area contributed by atoms with Gasteiger partial charge in [-0.1, -0.05) is 0 Å². The van der Waals surface area contributed by atoms with Crippen LogP contribution < -0.4 is 0 Å². The molecule has 2 heterocycles. The molecule has 6 heteroatoms. The SMILES string of the molecule is Cn1ccnc1CN(C(=O)COC[C@@H]1CCCCO1)C1CC1. The summed E-state index contributed by atoms with van der Waals surface area (Å²) >= 11 is 0. The Bertz CT molecular complexity index is 493. The summed E-state index contributed by atoms with van der Waals surface area (Å²) in [7, 11) is 1.95. The van der Waals surface area contributed by atoms with Gasteiger partial charge in [-0.15, -0.1) is 0 Å². The molecule has 1 aromatic heterocycles. The zero-order chi connectivity index (χ0) is 15.4. The highest BCUT2D eigenvalue weighted by Gasteiger charge is 2.33. The highest BCUT2D eigenvalue weighted by molar-refractivity contribution is 5.78. The summed E-state index contributed by atoms with van der Waals surface area (Å²) in [5.41, 5.74) is 0. The van der Waals surface area contributed by atoms with E-state index in [-0.39, 0.29) is 18.6 Å². The first-order chi connectivity index (χ1) is 10.7. The average Bonchev–Trinajstić information content (AvgIpc) is 3.29. The predicted octanol–water partition coefficient (Wildman–Crippen LogP) is 1.50. The molecule has 22 heavy (non-hydrogen) atoms. The van der Waals surface area contributed by atoms with Gasteiger partial charge in [0.05, 0.1) is 19.3 Å². The van der Waals surface area contributed by atoms with Gasteiger partial charge in [-0.3, -0.25) is 4.79 Å². The molecule has 0 radical (unpaired) electrons. The second-order valence-electron chi connectivity index (χ2n) is 6.21. The van der Waals surface area contributed by atoms with E-state index in [1.165, 1.54) is 6.42 Å². The molecule has 1 saturated heterocycles. The quantitative estimate of drug-likeness (QED) is 0.766. The van der Waals surface area contributed by atoms with Crippen LogP contribution >= 0.6 is 0 Å². The first-order valence-corrected chi connectivity index (χ1v) is 8.19. The fourth-order valence-corrected chi connectivity index (χ4v) is 2.81. The van der Waals surface area contributed by atoms with Crippen LogP contribution in [0.5, 0.6) is 0 Å². The van der Waals surface area contributed by atoms with Crippen LogP contribution in [0.3, 0.4) is 0 Å². The Morgan fingerprint density at radius 3 is 2.95 bits per heavy atom. The van der Waals surface area contributed by atoms with Crippen LogP contribution in [0.4, 0.5) is 0 Å². The van der Waals surface area contributed by atoms with Crippen molar-refractivity contribution < 1.29 is 14.3 Å². The topological polar surface area (TPSA) is 56.6 Å². The van der Waals surface area contributed by atoms with Crippen LogP contribution in [0, 0.1) is 0 Å². The number of aryl methyl sites for hydroxylation is 1. The highest BCUT2D eigenvalue weighted by atomic mass is 16.5. The number of hydrogen-bond donors (Lipinski definition) is 0. The first kappa shape index (κ1) is 15.5. The van der Waals surface area contributed by atoms with Gasteiger partial charge in [0.1, 0.15) is 12.4 Å². The zero-order valence-corrected chi connectivity index (χ0v) is 13.2. The summed E-state index contributed by atoms with van der Waals surface area (Å²) in [6.07, 6.45) is 9.36. The van der Waals surface area contributed by atoms with Gasteiger partial charge < -0.3 is 18.9 Å². The number of hydrogen-bond acceptors (Lipinski definition) is 4. The van der Waals surface area contributed by atoms with Crippen molar-refractivity contribution in [1.29, 1.82) is 0 Å². The van der Waals surface area contributed by atoms with Gasteiger partial charge in [0.2, 0.25) is 5.91 Å². The third-order valence-corrected chi connectivity index (χ3v) is 4.34. The van der Waals surface area contributed by atoms with Crippen molar-refractivity contribution in [2.24, 2.45) is 7.05 Å². The fourth-order valence-electron chi connectivity index (χ4n) is 2.81. The molecule has 1 aliphatic carbocycles. The van der Waals surface area contributed by atoms with Crippen molar-refractivity contribution in [1.82, 2.24) is 14.5 Å². The molecule has 0 aromatic carbocycles. The van der Waals surface area contributed by atoms with E-state index < -0.39 is 0 Å². The summed E-state index contributed by atoms with van der Waals surface area (Å²) in [5, 5.41) is 0. The summed E-state index contributed by atoms with van der Waals surface area (Å²) in [6, 6.07) is 0.360.